The zero-order valence-electron chi connectivity index (χ0n) is 18.9. The van der Waals surface area contributed by atoms with E-state index in [9.17, 15) is 14.7 Å². The molecule has 3 aromatic rings. The van der Waals surface area contributed by atoms with E-state index in [0.717, 1.165) is 5.56 Å². The number of ether oxygens (including phenoxy) is 3. The summed E-state index contributed by atoms with van der Waals surface area (Å²) in [5.74, 6) is -1.17. The highest BCUT2D eigenvalue weighted by molar-refractivity contribution is 6.11. The van der Waals surface area contributed by atoms with Gasteiger partial charge in [0.05, 0.1) is 27.4 Å². The fraction of sp³-hybridized carbons (Fsp3) is 0.231. The molecule has 0 spiro atoms. The average Bonchev–Trinajstić information content (AvgIpc) is 2.83. The molecule has 4 rings (SSSR count). The lowest BCUT2D eigenvalue weighted by molar-refractivity contribution is -0.139. The summed E-state index contributed by atoms with van der Waals surface area (Å²) in [7, 11) is 4.49. The number of aliphatic carboxylic acids is 1. The molecule has 7 nitrogen and oxygen atoms in total. The molecule has 0 bridgehead atoms. The second kappa shape index (κ2) is 8.86. The van der Waals surface area contributed by atoms with Crippen molar-refractivity contribution >= 4 is 17.6 Å². The maximum atomic E-state index is 13.7. The zero-order chi connectivity index (χ0) is 23.7. The van der Waals surface area contributed by atoms with Crippen LogP contribution in [0.3, 0.4) is 0 Å². The molecule has 0 saturated carbocycles. The Morgan fingerprint density at radius 2 is 1.52 bits per heavy atom. The molecular formula is C26H25NO6. The van der Waals surface area contributed by atoms with Crippen molar-refractivity contribution in [3.63, 3.8) is 0 Å². The molecule has 1 aliphatic rings. The highest BCUT2D eigenvalue weighted by Gasteiger charge is 2.45. The van der Waals surface area contributed by atoms with Crippen molar-refractivity contribution < 1.29 is 28.9 Å². The summed E-state index contributed by atoms with van der Waals surface area (Å²) in [4.78, 5) is 27.9. The second-order valence-electron chi connectivity index (χ2n) is 7.82. The Bertz CT molecular complexity index is 1180. The van der Waals surface area contributed by atoms with Gasteiger partial charge in [0.2, 0.25) is 5.75 Å². The lowest BCUT2D eigenvalue weighted by Crippen LogP contribution is -2.45. The molecule has 0 unspecified atom stereocenters. The Kier molecular flexibility index (Phi) is 5.96. The Hall–Kier alpha value is -4.00. The molecule has 33 heavy (non-hydrogen) atoms. The molecule has 7 heteroatoms. The third kappa shape index (κ3) is 3.75. The number of hydrogen-bond donors (Lipinski definition) is 1. The van der Waals surface area contributed by atoms with Gasteiger partial charge in [-0.15, -0.1) is 0 Å². The van der Waals surface area contributed by atoms with E-state index >= 15 is 0 Å². The first-order chi connectivity index (χ1) is 15.9. The number of hydrogen-bond acceptors (Lipinski definition) is 5. The van der Waals surface area contributed by atoms with Crippen molar-refractivity contribution in [1.29, 1.82) is 0 Å². The standard InChI is InChI=1S/C26H25NO6/c1-15-9-11-17(12-10-15)27-23(16-13-20(31-2)24(33-4)21(14-16)32-3)22(26(29)30)18-7-5-6-8-19(18)25(27)28/h5-14,22-23H,1-4H3,(H,29,30)/t22-,23+/m1/s1. The SMILES string of the molecule is COc1cc([C@H]2[C@H](C(=O)O)c3ccccc3C(=O)N2c2ccc(C)cc2)cc(OC)c1OC. The third-order valence-electron chi connectivity index (χ3n) is 5.95. The van der Waals surface area contributed by atoms with E-state index in [2.05, 4.69) is 0 Å². The zero-order valence-corrected chi connectivity index (χ0v) is 18.9. The van der Waals surface area contributed by atoms with Crippen molar-refractivity contribution in [2.75, 3.05) is 26.2 Å². The number of carboxylic acids is 1. The molecule has 1 heterocycles. The molecule has 2 atom stereocenters. The van der Waals surface area contributed by atoms with Crippen molar-refractivity contribution in [2.24, 2.45) is 0 Å². The van der Waals surface area contributed by atoms with Crippen LogP contribution < -0.4 is 19.1 Å². The van der Waals surface area contributed by atoms with Gasteiger partial charge in [0.1, 0.15) is 5.92 Å². The largest absolute Gasteiger partial charge is 0.493 e. The van der Waals surface area contributed by atoms with Crippen molar-refractivity contribution in [1.82, 2.24) is 0 Å². The van der Waals surface area contributed by atoms with Crippen LogP contribution in [0.15, 0.2) is 60.7 Å². The number of carboxylic acid groups (broad SMARTS) is 1. The summed E-state index contributed by atoms with van der Waals surface area (Å²) in [5.41, 5.74) is 3.03. The summed E-state index contributed by atoms with van der Waals surface area (Å²) in [5, 5.41) is 10.3. The number of fused-ring (bicyclic) bond motifs is 1. The number of aryl methyl sites for hydroxylation is 1. The van der Waals surface area contributed by atoms with Gasteiger partial charge in [0, 0.05) is 11.3 Å². The third-order valence-corrected chi connectivity index (χ3v) is 5.95. The normalized spacial score (nSPS) is 17.3. The molecule has 0 aromatic heterocycles. The maximum absolute atomic E-state index is 13.7. The van der Waals surface area contributed by atoms with Gasteiger partial charge in [-0.1, -0.05) is 35.9 Å². The average molecular weight is 447 g/mol. The highest BCUT2D eigenvalue weighted by atomic mass is 16.5. The lowest BCUT2D eigenvalue weighted by Gasteiger charge is -2.41. The van der Waals surface area contributed by atoms with Crippen molar-refractivity contribution in [3.8, 4) is 17.2 Å². The van der Waals surface area contributed by atoms with Crippen molar-refractivity contribution in [2.45, 2.75) is 18.9 Å². The van der Waals surface area contributed by atoms with E-state index in [1.807, 2.05) is 31.2 Å². The van der Waals surface area contributed by atoms with Gasteiger partial charge >= 0.3 is 5.97 Å². The van der Waals surface area contributed by atoms with Crippen LogP contribution in [0, 0.1) is 6.92 Å². The van der Waals surface area contributed by atoms with Gasteiger partial charge in [-0.2, -0.15) is 0 Å². The fourth-order valence-corrected chi connectivity index (χ4v) is 4.40. The molecule has 1 amide bonds. The minimum atomic E-state index is -1.04. The molecule has 170 valence electrons. The summed E-state index contributed by atoms with van der Waals surface area (Å²) in [6.07, 6.45) is 0. The van der Waals surface area contributed by atoms with Crippen LogP contribution in [-0.2, 0) is 4.79 Å². The second-order valence-corrected chi connectivity index (χ2v) is 7.82. The van der Waals surface area contributed by atoms with Crippen LogP contribution in [-0.4, -0.2) is 38.3 Å². The topological polar surface area (TPSA) is 85.3 Å². The van der Waals surface area contributed by atoms with Crippen molar-refractivity contribution in [3.05, 3.63) is 82.9 Å². The first kappa shape index (κ1) is 22.2. The minimum absolute atomic E-state index is 0.272. The van der Waals surface area contributed by atoms with E-state index in [-0.39, 0.29) is 5.91 Å². The Balaban J connectivity index is 2.02. The number of carbonyl (C=O) groups is 2. The van der Waals surface area contributed by atoms with Crippen LogP contribution >= 0.6 is 0 Å². The number of amides is 1. The van der Waals surface area contributed by atoms with E-state index in [0.29, 0.717) is 39.6 Å². The predicted molar refractivity (Wildman–Crippen MR) is 124 cm³/mol. The number of methoxy groups -OCH3 is 3. The number of carbonyl (C=O) groups excluding carboxylic acids is 1. The van der Waals surface area contributed by atoms with E-state index in [1.54, 1.807) is 41.3 Å². The number of rotatable bonds is 6. The molecule has 3 aromatic carbocycles. The smallest absolute Gasteiger partial charge is 0.313 e. The fourth-order valence-electron chi connectivity index (χ4n) is 4.40. The first-order valence-corrected chi connectivity index (χ1v) is 10.4. The quantitative estimate of drug-likeness (QED) is 0.595. The van der Waals surface area contributed by atoms with E-state index in [1.165, 1.54) is 21.3 Å². The van der Waals surface area contributed by atoms with Gasteiger partial charge in [0.25, 0.3) is 5.91 Å². The molecule has 0 saturated heterocycles. The Morgan fingerprint density at radius 3 is 2.06 bits per heavy atom. The van der Waals surface area contributed by atoms with Gasteiger partial charge in [0.15, 0.2) is 11.5 Å². The van der Waals surface area contributed by atoms with Crippen LogP contribution in [0.1, 0.15) is 39.0 Å². The number of benzene rings is 3. The molecule has 0 aliphatic carbocycles. The lowest BCUT2D eigenvalue weighted by atomic mass is 9.79. The summed E-state index contributed by atoms with van der Waals surface area (Å²) in [6, 6.07) is 16.8. The summed E-state index contributed by atoms with van der Waals surface area (Å²) < 4.78 is 16.4. The maximum Gasteiger partial charge on any atom is 0.313 e. The summed E-state index contributed by atoms with van der Waals surface area (Å²) >= 11 is 0. The molecule has 1 N–H and O–H groups in total. The molecule has 1 aliphatic heterocycles. The van der Waals surface area contributed by atoms with E-state index < -0.39 is 17.9 Å². The molecule has 0 radical (unpaired) electrons. The highest BCUT2D eigenvalue weighted by Crippen LogP contribution is 2.48. The van der Waals surface area contributed by atoms with Gasteiger partial charge in [-0.05, 0) is 48.4 Å². The first-order valence-electron chi connectivity index (χ1n) is 10.4. The van der Waals surface area contributed by atoms with Crippen LogP contribution in [0.25, 0.3) is 0 Å². The van der Waals surface area contributed by atoms with Crippen LogP contribution in [0.4, 0.5) is 5.69 Å². The minimum Gasteiger partial charge on any atom is -0.493 e. The monoisotopic (exact) mass is 447 g/mol. The molecule has 0 fully saturated rings. The number of anilines is 1. The van der Waals surface area contributed by atoms with Crippen LogP contribution in [0.2, 0.25) is 0 Å². The van der Waals surface area contributed by atoms with E-state index in [4.69, 9.17) is 14.2 Å². The van der Waals surface area contributed by atoms with Gasteiger partial charge in [-0.3, -0.25) is 14.5 Å². The number of nitrogens with zero attached hydrogens (tertiary/aromatic N) is 1. The Morgan fingerprint density at radius 1 is 0.909 bits per heavy atom. The van der Waals surface area contributed by atoms with Crippen LogP contribution in [0.5, 0.6) is 17.2 Å². The molecular weight excluding hydrogens is 422 g/mol. The van der Waals surface area contributed by atoms with Gasteiger partial charge < -0.3 is 19.3 Å². The summed E-state index contributed by atoms with van der Waals surface area (Å²) in [6.45, 7) is 1.95. The predicted octanol–water partition coefficient (Wildman–Crippen LogP) is 4.59. The Labute approximate surface area is 192 Å². The van der Waals surface area contributed by atoms with Gasteiger partial charge in [-0.25, -0.2) is 0 Å².